The van der Waals surface area contributed by atoms with E-state index in [9.17, 15) is 14.3 Å². The average molecular weight is 308 g/mol. The van der Waals surface area contributed by atoms with Crippen LogP contribution >= 0.6 is 0 Å². The van der Waals surface area contributed by atoms with Gasteiger partial charge >= 0.3 is 0 Å². The van der Waals surface area contributed by atoms with Crippen molar-refractivity contribution >= 4 is 5.91 Å². The standard InChI is InChI=1S/C15H21FN4O2/c16-11-4-2-1-3-9(11)13(21)8-18-15(22)14-10-7-17-6-5-12(10)19-20-14/h1-4,10,12-14,17,19-21H,5-8H2,(H,18,22). The van der Waals surface area contributed by atoms with Gasteiger partial charge in [0.1, 0.15) is 11.9 Å². The third-order valence-electron chi connectivity index (χ3n) is 4.40. The highest BCUT2D eigenvalue weighted by molar-refractivity contribution is 5.82. The first-order valence-corrected chi connectivity index (χ1v) is 7.59. The number of benzene rings is 1. The predicted molar refractivity (Wildman–Crippen MR) is 79.2 cm³/mol. The van der Waals surface area contributed by atoms with Crippen molar-refractivity contribution in [3.63, 3.8) is 0 Å². The maximum Gasteiger partial charge on any atom is 0.238 e. The number of piperidine rings is 1. The maximum absolute atomic E-state index is 13.6. The molecule has 22 heavy (non-hydrogen) atoms. The number of carbonyl (C=O) groups is 1. The van der Waals surface area contributed by atoms with E-state index in [1.54, 1.807) is 12.1 Å². The lowest BCUT2D eigenvalue weighted by Gasteiger charge is -2.27. The fourth-order valence-electron chi connectivity index (χ4n) is 3.14. The summed E-state index contributed by atoms with van der Waals surface area (Å²) in [6.45, 7) is 1.71. The lowest BCUT2D eigenvalue weighted by atomic mass is 9.89. The SMILES string of the molecule is O=C(NCC(O)c1ccccc1F)C1NNC2CCNCC21. The van der Waals surface area contributed by atoms with Gasteiger partial charge in [0.2, 0.25) is 5.91 Å². The molecule has 2 saturated heterocycles. The summed E-state index contributed by atoms with van der Waals surface area (Å²) in [7, 11) is 0. The van der Waals surface area contributed by atoms with Crippen LogP contribution in [0.25, 0.3) is 0 Å². The van der Waals surface area contributed by atoms with Gasteiger partial charge in [0.25, 0.3) is 0 Å². The number of nitrogens with one attached hydrogen (secondary N) is 4. The second-order valence-corrected chi connectivity index (χ2v) is 5.81. The minimum atomic E-state index is -1.06. The van der Waals surface area contributed by atoms with Crippen molar-refractivity contribution in [3.05, 3.63) is 35.6 Å². The monoisotopic (exact) mass is 308 g/mol. The number of hydrazine groups is 1. The Balaban J connectivity index is 1.55. The van der Waals surface area contributed by atoms with Crippen LogP contribution in [0.2, 0.25) is 0 Å². The van der Waals surface area contributed by atoms with Gasteiger partial charge in [0, 0.05) is 30.6 Å². The average Bonchev–Trinajstić information content (AvgIpc) is 2.97. The molecule has 0 saturated carbocycles. The maximum atomic E-state index is 13.6. The third kappa shape index (κ3) is 3.12. The third-order valence-corrected chi connectivity index (χ3v) is 4.40. The Morgan fingerprint density at radius 3 is 3.05 bits per heavy atom. The van der Waals surface area contributed by atoms with Crippen molar-refractivity contribution in [2.45, 2.75) is 24.6 Å². The molecular formula is C15H21FN4O2. The van der Waals surface area contributed by atoms with Crippen LogP contribution in [-0.2, 0) is 4.79 Å². The first kappa shape index (κ1) is 15.4. The van der Waals surface area contributed by atoms with Gasteiger partial charge in [0.05, 0.1) is 6.10 Å². The Morgan fingerprint density at radius 1 is 1.41 bits per heavy atom. The van der Waals surface area contributed by atoms with Crippen LogP contribution in [0.1, 0.15) is 18.1 Å². The van der Waals surface area contributed by atoms with Gasteiger partial charge in [-0.1, -0.05) is 18.2 Å². The van der Waals surface area contributed by atoms with Gasteiger partial charge < -0.3 is 15.7 Å². The molecule has 7 heteroatoms. The fraction of sp³-hybridized carbons (Fsp3) is 0.533. The lowest BCUT2D eigenvalue weighted by molar-refractivity contribution is -0.124. The zero-order chi connectivity index (χ0) is 15.5. The molecule has 0 spiro atoms. The molecule has 0 radical (unpaired) electrons. The van der Waals surface area contributed by atoms with Crippen molar-refractivity contribution in [3.8, 4) is 0 Å². The van der Waals surface area contributed by atoms with Crippen LogP contribution in [0.15, 0.2) is 24.3 Å². The van der Waals surface area contributed by atoms with E-state index in [-0.39, 0.29) is 36.0 Å². The summed E-state index contributed by atoms with van der Waals surface area (Å²) >= 11 is 0. The van der Waals surface area contributed by atoms with Crippen molar-refractivity contribution in [2.75, 3.05) is 19.6 Å². The summed E-state index contributed by atoms with van der Waals surface area (Å²) in [5.74, 6) is -0.472. The quantitative estimate of drug-likeness (QED) is 0.514. The number of aliphatic hydroxyl groups excluding tert-OH is 1. The Morgan fingerprint density at radius 2 is 2.23 bits per heavy atom. The van der Waals surface area contributed by atoms with Gasteiger partial charge in [-0.3, -0.25) is 10.2 Å². The van der Waals surface area contributed by atoms with Crippen molar-refractivity contribution in [2.24, 2.45) is 5.92 Å². The Bertz CT molecular complexity index is 542. The number of fused-ring (bicyclic) bond motifs is 1. The van der Waals surface area contributed by atoms with Gasteiger partial charge in [-0.15, -0.1) is 0 Å². The molecule has 5 N–H and O–H groups in total. The molecule has 120 valence electrons. The molecule has 2 fully saturated rings. The highest BCUT2D eigenvalue weighted by Gasteiger charge is 2.41. The summed E-state index contributed by atoms with van der Waals surface area (Å²) in [6.07, 6.45) is -0.0842. The minimum Gasteiger partial charge on any atom is -0.386 e. The Kier molecular flexibility index (Phi) is 4.68. The molecule has 1 amide bonds. The van der Waals surface area contributed by atoms with Crippen LogP contribution in [-0.4, -0.2) is 42.7 Å². The molecule has 2 heterocycles. The normalized spacial score (nSPS) is 28.9. The van der Waals surface area contributed by atoms with Gasteiger partial charge in [-0.25, -0.2) is 9.82 Å². The number of rotatable bonds is 4. The summed E-state index contributed by atoms with van der Waals surface area (Å²) in [6, 6.07) is 5.97. The predicted octanol–water partition coefficient (Wildman–Crippen LogP) is -0.570. The number of carbonyl (C=O) groups excluding carboxylic acids is 1. The zero-order valence-electron chi connectivity index (χ0n) is 12.2. The topological polar surface area (TPSA) is 85.4 Å². The summed E-state index contributed by atoms with van der Waals surface area (Å²) < 4.78 is 13.6. The molecule has 2 aliphatic heterocycles. The summed E-state index contributed by atoms with van der Waals surface area (Å²) in [4.78, 5) is 12.3. The second kappa shape index (κ2) is 6.70. The van der Waals surface area contributed by atoms with E-state index in [2.05, 4.69) is 21.5 Å². The van der Waals surface area contributed by atoms with E-state index in [0.29, 0.717) is 0 Å². The molecule has 0 aliphatic carbocycles. The van der Waals surface area contributed by atoms with Crippen LogP contribution in [0.3, 0.4) is 0 Å². The zero-order valence-corrected chi connectivity index (χ0v) is 12.2. The second-order valence-electron chi connectivity index (χ2n) is 5.81. The molecule has 1 aromatic rings. The molecule has 0 bridgehead atoms. The highest BCUT2D eigenvalue weighted by Crippen LogP contribution is 2.20. The Labute approximate surface area is 128 Å². The molecule has 2 aliphatic rings. The molecule has 4 unspecified atom stereocenters. The van der Waals surface area contributed by atoms with Gasteiger partial charge in [-0.2, -0.15) is 0 Å². The van der Waals surface area contributed by atoms with E-state index >= 15 is 0 Å². The van der Waals surface area contributed by atoms with E-state index < -0.39 is 11.9 Å². The minimum absolute atomic E-state index is 0.0111. The smallest absolute Gasteiger partial charge is 0.238 e. The summed E-state index contributed by atoms with van der Waals surface area (Å²) in [5.41, 5.74) is 6.35. The molecular weight excluding hydrogens is 287 g/mol. The van der Waals surface area contributed by atoms with Crippen LogP contribution < -0.4 is 21.5 Å². The highest BCUT2D eigenvalue weighted by atomic mass is 19.1. The molecule has 1 aromatic carbocycles. The largest absolute Gasteiger partial charge is 0.386 e. The number of hydrogen-bond donors (Lipinski definition) is 5. The van der Waals surface area contributed by atoms with E-state index in [1.165, 1.54) is 12.1 Å². The van der Waals surface area contributed by atoms with E-state index in [0.717, 1.165) is 19.5 Å². The first-order valence-electron chi connectivity index (χ1n) is 7.59. The first-order chi connectivity index (χ1) is 10.7. The Hall–Kier alpha value is -1.54. The van der Waals surface area contributed by atoms with Crippen molar-refractivity contribution in [1.29, 1.82) is 0 Å². The molecule has 0 aromatic heterocycles. The molecule has 6 nitrogen and oxygen atoms in total. The van der Waals surface area contributed by atoms with E-state index in [4.69, 9.17) is 0 Å². The van der Waals surface area contributed by atoms with Crippen molar-refractivity contribution in [1.82, 2.24) is 21.5 Å². The summed E-state index contributed by atoms with van der Waals surface area (Å²) in [5, 5.41) is 16.0. The van der Waals surface area contributed by atoms with Crippen molar-refractivity contribution < 1.29 is 14.3 Å². The number of halogens is 1. The van der Waals surface area contributed by atoms with E-state index in [1.807, 2.05) is 0 Å². The lowest BCUT2D eigenvalue weighted by Crippen LogP contribution is -2.49. The number of amides is 1. The number of hydrogen-bond acceptors (Lipinski definition) is 5. The number of aliphatic hydroxyl groups is 1. The van der Waals surface area contributed by atoms with Gasteiger partial charge in [0.15, 0.2) is 0 Å². The molecule has 4 atom stereocenters. The van der Waals surface area contributed by atoms with Crippen LogP contribution in [0.4, 0.5) is 4.39 Å². The van der Waals surface area contributed by atoms with Gasteiger partial charge in [-0.05, 0) is 19.0 Å². The fourth-order valence-corrected chi connectivity index (χ4v) is 3.14. The van der Waals surface area contributed by atoms with Crippen LogP contribution in [0.5, 0.6) is 0 Å². The van der Waals surface area contributed by atoms with Crippen LogP contribution in [0, 0.1) is 11.7 Å². The molecule has 3 rings (SSSR count).